The van der Waals surface area contributed by atoms with Crippen LogP contribution in [0.5, 0.6) is 11.5 Å². The predicted molar refractivity (Wildman–Crippen MR) is 72.0 cm³/mol. The van der Waals surface area contributed by atoms with Crippen molar-refractivity contribution in [3.05, 3.63) is 54.5 Å². The molecule has 0 amide bonds. The Morgan fingerprint density at radius 3 is 2.89 bits per heavy atom. The lowest BCUT2D eigenvalue weighted by Crippen LogP contribution is -2.00. The van der Waals surface area contributed by atoms with Crippen LogP contribution in [-0.4, -0.2) is 14.5 Å². The van der Waals surface area contributed by atoms with Crippen molar-refractivity contribution < 1.29 is 9.84 Å². The van der Waals surface area contributed by atoms with Gasteiger partial charge in [-0.05, 0) is 24.3 Å². The van der Waals surface area contributed by atoms with Gasteiger partial charge >= 0.3 is 0 Å². The van der Waals surface area contributed by atoms with Crippen LogP contribution in [0.1, 0.15) is 5.69 Å². The minimum Gasteiger partial charge on any atom is -0.504 e. The number of ether oxygens (including phenoxy) is 1. The van der Waals surface area contributed by atoms with Crippen LogP contribution in [0.4, 0.5) is 5.69 Å². The molecular formula is C14H13N3O2. The fourth-order valence-electron chi connectivity index (χ4n) is 1.92. The first kappa shape index (κ1) is 11.4. The number of nitrogens with zero attached hydrogens (tertiary/aromatic N) is 2. The SMILES string of the molecule is Nc1cccn2c(COc3ccccc3O)cnc12. The summed E-state index contributed by atoms with van der Waals surface area (Å²) in [5.41, 5.74) is 8.03. The fourth-order valence-corrected chi connectivity index (χ4v) is 1.92. The number of nitrogen functional groups attached to an aromatic ring is 1. The number of aromatic nitrogens is 2. The zero-order valence-corrected chi connectivity index (χ0v) is 10.2. The van der Waals surface area contributed by atoms with E-state index in [4.69, 9.17) is 10.5 Å². The second-order valence-electron chi connectivity index (χ2n) is 4.16. The van der Waals surface area contributed by atoms with Gasteiger partial charge in [-0.2, -0.15) is 0 Å². The first-order valence-corrected chi connectivity index (χ1v) is 5.87. The van der Waals surface area contributed by atoms with Gasteiger partial charge in [0.05, 0.1) is 17.6 Å². The summed E-state index contributed by atoms with van der Waals surface area (Å²) in [6.45, 7) is 0.308. The van der Waals surface area contributed by atoms with Crippen molar-refractivity contribution in [1.82, 2.24) is 9.38 Å². The molecule has 0 fully saturated rings. The molecule has 0 aliphatic carbocycles. The van der Waals surface area contributed by atoms with Crippen molar-refractivity contribution in [2.24, 2.45) is 0 Å². The molecule has 1 aromatic carbocycles. The summed E-state index contributed by atoms with van der Waals surface area (Å²) in [5, 5.41) is 9.63. The van der Waals surface area contributed by atoms with Gasteiger partial charge in [0.25, 0.3) is 0 Å². The van der Waals surface area contributed by atoms with Crippen LogP contribution in [0.15, 0.2) is 48.8 Å². The average Bonchev–Trinajstić information content (AvgIpc) is 2.83. The maximum absolute atomic E-state index is 9.63. The number of aromatic hydroxyl groups is 1. The number of rotatable bonds is 3. The highest BCUT2D eigenvalue weighted by atomic mass is 16.5. The van der Waals surface area contributed by atoms with Crippen LogP contribution in [-0.2, 0) is 6.61 Å². The van der Waals surface area contributed by atoms with E-state index in [2.05, 4.69) is 4.98 Å². The van der Waals surface area contributed by atoms with Crippen molar-refractivity contribution in [1.29, 1.82) is 0 Å². The molecular weight excluding hydrogens is 242 g/mol. The topological polar surface area (TPSA) is 72.8 Å². The molecule has 2 aromatic heterocycles. The number of hydrogen-bond donors (Lipinski definition) is 2. The summed E-state index contributed by atoms with van der Waals surface area (Å²) in [6, 6.07) is 10.5. The summed E-state index contributed by atoms with van der Waals surface area (Å²) < 4.78 is 7.45. The number of para-hydroxylation sites is 2. The monoisotopic (exact) mass is 255 g/mol. The number of nitrogens with two attached hydrogens (primary N) is 1. The summed E-state index contributed by atoms with van der Waals surface area (Å²) in [5.74, 6) is 0.567. The van der Waals surface area contributed by atoms with Crippen molar-refractivity contribution in [2.45, 2.75) is 6.61 Å². The van der Waals surface area contributed by atoms with Gasteiger partial charge in [-0.1, -0.05) is 12.1 Å². The van der Waals surface area contributed by atoms with Gasteiger partial charge in [-0.25, -0.2) is 4.98 Å². The van der Waals surface area contributed by atoms with Gasteiger partial charge in [0, 0.05) is 6.20 Å². The van der Waals surface area contributed by atoms with E-state index >= 15 is 0 Å². The number of phenolic OH excluding ortho intramolecular Hbond substituents is 1. The van der Waals surface area contributed by atoms with E-state index < -0.39 is 0 Å². The van der Waals surface area contributed by atoms with Crippen molar-refractivity contribution in [2.75, 3.05) is 5.73 Å². The van der Waals surface area contributed by atoms with E-state index in [1.165, 1.54) is 0 Å². The molecule has 0 spiro atoms. The highest BCUT2D eigenvalue weighted by Gasteiger charge is 2.07. The number of imidazole rings is 1. The number of hydrogen-bond acceptors (Lipinski definition) is 4. The van der Waals surface area contributed by atoms with Gasteiger partial charge in [-0.3, -0.25) is 4.40 Å². The lowest BCUT2D eigenvalue weighted by atomic mass is 10.3. The van der Waals surface area contributed by atoms with Gasteiger partial charge in [-0.15, -0.1) is 0 Å². The molecule has 0 saturated heterocycles. The summed E-state index contributed by atoms with van der Waals surface area (Å²) >= 11 is 0. The second-order valence-corrected chi connectivity index (χ2v) is 4.16. The molecule has 0 unspecified atom stereocenters. The molecule has 3 N–H and O–H groups in total. The van der Waals surface area contributed by atoms with E-state index in [9.17, 15) is 5.11 Å². The molecule has 0 aliphatic rings. The van der Waals surface area contributed by atoms with E-state index in [1.807, 2.05) is 22.7 Å². The molecule has 0 bridgehead atoms. The number of fused-ring (bicyclic) bond motifs is 1. The van der Waals surface area contributed by atoms with Crippen LogP contribution < -0.4 is 10.5 Å². The predicted octanol–water partition coefficient (Wildman–Crippen LogP) is 2.20. The zero-order valence-electron chi connectivity index (χ0n) is 10.2. The standard InChI is InChI=1S/C14H13N3O2/c15-11-4-3-7-17-10(8-16-14(11)17)9-19-13-6-2-1-5-12(13)18/h1-8,18H,9,15H2. The Hall–Kier alpha value is -2.69. The Morgan fingerprint density at radius 1 is 1.21 bits per heavy atom. The summed E-state index contributed by atoms with van der Waals surface area (Å²) in [7, 11) is 0. The van der Waals surface area contributed by atoms with Crippen LogP contribution >= 0.6 is 0 Å². The smallest absolute Gasteiger partial charge is 0.161 e. The van der Waals surface area contributed by atoms with Crippen LogP contribution in [0.25, 0.3) is 5.65 Å². The van der Waals surface area contributed by atoms with Gasteiger partial charge < -0.3 is 15.6 Å². The third kappa shape index (κ3) is 2.06. The lowest BCUT2D eigenvalue weighted by Gasteiger charge is -2.07. The van der Waals surface area contributed by atoms with Gasteiger partial charge in [0.1, 0.15) is 6.61 Å². The minimum atomic E-state index is 0.121. The molecule has 96 valence electrons. The Balaban J connectivity index is 1.87. The first-order valence-electron chi connectivity index (χ1n) is 5.87. The normalized spacial score (nSPS) is 10.7. The maximum Gasteiger partial charge on any atom is 0.161 e. The summed E-state index contributed by atoms with van der Waals surface area (Å²) in [4.78, 5) is 4.25. The Labute approximate surface area is 109 Å². The molecule has 0 radical (unpaired) electrons. The minimum absolute atomic E-state index is 0.121. The molecule has 0 saturated carbocycles. The average molecular weight is 255 g/mol. The zero-order chi connectivity index (χ0) is 13.2. The van der Waals surface area contributed by atoms with Crippen molar-refractivity contribution in [3.63, 3.8) is 0 Å². The van der Waals surface area contributed by atoms with E-state index in [-0.39, 0.29) is 5.75 Å². The van der Waals surface area contributed by atoms with Crippen LogP contribution in [0.2, 0.25) is 0 Å². The first-order chi connectivity index (χ1) is 9.25. The molecule has 2 heterocycles. The number of pyridine rings is 1. The third-order valence-electron chi connectivity index (χ3n) is 2.88. The number of anilines is 1. The van der Waals surface area contributed by atoms with E-state index in [0.29, 0.717) is 23.7 Å². The lowest BCUT2D eigenvalue weighted by molar-refractivity contribution is 0.284. The Morgan fingerprint density at radius 2 is 2.05 bits per heavy atom. The maximum atomic E-state index is 9.63. The highest BCUT2D eigenvalue weighted by Crippen LogP contribution is 2.25. The molecule has 5 heteroatoms. The van der Waals surface area contributed by atoms with Crippen LogP contribution in [0.3, 0.4) is 0 Å². The molecule has 0 atom stereocenters. The highest BCUT2D eigenvalue weighted by molar-refractivity contribution is 5.64. The van der Waals surface area contributed by atoms with Crippen molar-refractivity contribution >= 4 is 11.3 Å². The van der Waals surface area contributed by atoms with E-state index in [1.54, 1.807) is 30.5 Å². The molecule has 0 aliphatic heterocycles. The molecule has 19 heavy (non-hydrogen) atoms. The Bertz CT molecular complexity index is 722. The van der Waals surface area contributed by atoms with Gasteiger partial charge in [0.2, 0.25) is 0 Å². The number of phenols is 1. The van der Waals surface area contributed by atoms with E-state index in [0.717, 1.165) is 5.69 Å². The molecule has 3 rings (SSSR count). The quantitative estimate of drug-likeness (QED) is 0.752. The third-order valence-corrected chi connectivity index (χ3v) is 2.88. The largest absolute Gasteiger partial charge is 0.504 e. The van der Waals surface area contributed by atoms with Crippen LogP contribution in [0, 0.1) is 0 Å². The van der Waals surface area contributed by atoms with Gasteiger partial charge in [0.15, 0.2) is 17.1 Å². The fraction of sp³-hybridized carbons (Fsp3) is 0.0714. The molecule has 5 nitrogen and oxygen atoms in total. The molecule has 3 aromatic rings. The summed E-state index contributed by atoms with van der Waals surface area (Å²) in [6.07, 6.45) is 3.59. The number of benzene rings is 1. The second kappa shape index (κ2) is 4.53. The Kier molecular flexibility index (Phi) is 2.72. The van der Waals surface area contributed by atoms with Crippen molar-refractivity contribution in [3.8, 4) is 11.5 Å².